The summed E-state index contributed by atoms with van der Waals surface area (Å²) in [7, 11) is -1.15. The Bertz CT molecular complexity index is 412. The number of rotatable bonds is 2. The molecule has 1 aromatic carbocycles. The summed E-state index contributed by atoms with van der Waals surface area (Å²) in [4.78, 5) is 12.3. The molecule has 0 N–H and O–H groups in total. The van der Waals surface area contributed by atoms with Crippen LogP contribution in [0, 0.1) is 6.92 Å². The van der Waals surface area contributed by atoms with Crippen molar-refractivity contribution in [1.82, 2.24) is 0 Å². The van der Waals surface area contributed by atoms with Gasteiger partial charge in [0.2, 0.25) is 0 Å². The number of carbonyl (C=O) groups excluding carboxylic acids is 1. The predicted octanol–water partition coefficient (Wildman–Crippen LogP) is 2.22. The molecule has 0 spiro atoms. The minimum Gasteiger partial charge on any atom is -0.298 e. The summed E-state index contributed by atoms with van der Waals surface area (Å²) in [6.07, 6.45) is 2.27. The Balaban J connectivity index is 2.24. The summed E-state index contributed by atoms with van der Waals surface area (Å²) in [6.45, 7) is 1.97. The van der Waals surface area contributed by atoms with Crippen LogP contribution in [0.4, 0.5) is 0 Å². The molecule has 0 saturated heterocycles. The third kappa shape index (κ3) is 2.17. The van der Waals surface area contributed by atoms with Crippen LogP contribution in [0.3, 0.4) is 0 Å². The molecule has 2 atom stereocenters. The number of carbonyl (C=O) groups is 1. The number of benzene rings is 1. The third-order valence-corrected chi connectivity index (χ3v) is 4.46. The van der Waals surface area contributed by atoms with Gasteiger partial charge in [-0.05, 0) is 37.5 Å². The van der Waals surface area contributed by atoms with Gasteiger partial charge in [0, 0.05) is 11.3 Å². The maximum absolute atomic E-state index is 12.1. The van der Waals surface area contributed by atoms with Crippen LogP contribution in [0.25, 0.3) is 0 Å². The molecule has 2 rings (SSSR count). The maximum atomic E-state index is 12.1. The van der Waals surface area contributed by atoms with Crippen LogP contribution in [0.1, 0.15) is 24.8 Å². The van der Waals surface area contributed by atoms with Gasteiger partial charge in [0.1, 0.15) is 5.78 Å². The van der Waals surface area contributed by atoms with Crippen LogP contribution in [0.15, 0.2) is 29.2 Å². The molecule has 0 heterocycles. The summed E-state index contributed by atoms with van der Waals surface area (Å²) in [5.41, 5.74) is 1.09. The Morgan fingerprint density at radius 1 is 1.40 bits per heavy atom. The van der Waals surface area contributed by atoms with E-state index in [-0.39, 0.29) is 11.0 Å². The van der Waals surface area contributed by atoms with E-state index < -0.39 is 10.8 Å². The number of Topliss-reactive ketones (excluding diaryl/α,β-unsaturated/α-hetero) is 1. The van der Waals surface area contributed by atoms with Crippen molar-refractivity contribution in [2.24, 2.45) is 0 Å². The first-order chi connectivity index (χ1) is 7.18. The Hall–Kier alpha value is -0.960. The molecule has 0 aliphatic heterocycles. The smallest absolute Gasteiger partial charge is 0.148 e. The zero-order valence-electron chi connectivity index (χ0n) is 8.73. The highest BCUT2D eigenvalue weighted by Gasteiger charge is 2.30. The normalized spacial score (nSPS) is 23.0. The van der Waals surface area contributed by atoms with Gasteiger partial charge in [0.05, 0.1) is 16.0 Å². The molecule has 15 heavy (non-hydrogen) atoms. The van der Waals surface area contributed by atoms with Gasteiger partial charge in [-0.2, -0.15) is 0 Å². The Labute approximate surface area is 92.2 Å². The fourth-order valence-corrected chi connectivity index (χ4v) is 3.50. The fourth-order valence-electron chi connectivity index (χ4n) is 1.91. The summed E-state index contributed by atoms with van der Waals surface area (Å²) in [6, 6.07) is 7.61. The number of hydrogen-bond acceptors (Lipinski definition) is 2. The van der Waals surface area contributed by atoms with Crippen molar-refractivity contribution in [1.29, 1.82) is 0 Å². The molecule has 0 radical (unpaired) electrons. The molecule has 0 bridgehead atoms. The van der Waals surface area contributed by atoms with Gasteiger partial charge in [0.15, 0.2) is 0 Å². The minimum atomic E-state index is -1.15. The van der Waals surface area contributed by atoms with Crippen LogP contribution in [0.2, 0.25) is 0 Å². The lowest BCUT2D eigenvalue weighted by Gasteiger charge is -2.08. The van der Waals surface area contributed by atoms with E-state index in [1.807, 2.05) is 31.2 Å². The highest BCUT2D eigenvalue weighted by molar-refractivity contribution is 7.86. The molecule has 80 valence electrons. The number of aryl methyl sites for hydroxylation is 1. The second kappa shape index (κ2) is 4.27. The van der Waals surface area contributed by atoms with Crippen molar-refractivity contribution < 1.29 is 9.00 Å². The highest BCUT2D eigenvalue weighted by Crippen LogP contribution is 2.24. The van der Waals surface area contributed by atoms with Gasteiger partial charge in [0.25, 0.3) is 0 Å². The van der Waals surface area contributed by atoms with E-state index in [2.05, 4.69) is 0 Å². The van der Waals surface area contributed by atoms with Crippen molar-refractivity contribution in [2.45, 2.75) is 36.3 Å². The van der Waals surface area contributed by atoms with Crippen LogP contribution in [0.5, 0.6) is 0 Å². The van der Waals surface area contributed by atoms with Crippen molar-refractivity contribution in [3.05, 3.63) is 29.8 Å². The van der Waals surface area contributed by atoms with Gasteiger partial charge in [-0.1, -0.05) is 12.1 Å². The molecule has 1 aliphatic carbocycles. The van der Waals surface area contributed by atoms with E-state index in [4.69, 9.17) is 0 Å². The first-order valence-corrected chi connectivity index (χ1v) is 6.40. The molecule has 0 aromatic heterocycles. The lowest BCUT2D eigenvalue weighted by Crippen LogP contribution is -2.19. The lowest BCUT2D eigenvalue weighted by atomic mass is 10.2. The van der Waals surface area contributed by atoms with Gasteiger partial charge in [-0.15, -0.1) is 0 Å². The van der Waals surface area contributed by atoms with Gasteiger partial charge in [-0.25, -0.2) is 0 Å². The van der Waals surface area contributed by atoms with E-state index in [1.54, 1.807) is 0 Å². The number of hydrogen-bond donors (Lipinski definition) is 0. The monoisotopic (exact) mass is 222 g/mol. The minimum absolute atomic E-state index is 0.162. The SMILES string of the molecule is Cc1cccc(S(=O)C2CCCC2=O)c1. The molecule has 0 amide bonds. The predicted molar refractivity (Wildman–Crippen MR) is 60.2 cm³/mol. The second-order valence-corrected chi connectivity index (χ2v) is 5.60. The fraction of sp³-hybridized carbons (Fsp3) is 0.417. The quantitative estimate of drug-likeness (QED) is 0.769. The Kier molecular flexibility index (Phi) is 3.00. The molecule has 2 unspecified atom stereocenters. The van der Waals surface area contributed by atoms with Crippen LogP contribution in [-0.4, -0.2) is 15.2 Å². The summed E-state index contributed by atoms with van der Waals surface area (Å²) >= 11 is 0. The van der Waals surface area contributed by atoms with Crippen LogP contribution in [-0.2, 0) is 15.6 Å². The first kappa shape index (κ1) is 10.6. The lowest BCUT2D eigenvalue weighted by molar-refractivity contribution is -0.117. The average molecular weight is 222 g/mol. The van der Waals surface area contributed by atoms with Crippen molar-refractivity contribution in [3.63, 3.8) is 0 Å². The van der Waals surface area contributed by atoms with E-state index in [1.165, 1.54) is 0 Å². The summed E-state index contributed by atoms with van der Waals surface area (Å²) < 4.78 is 12.1. The summed E-state index contributed by atoms with van der Waals surface area (Å²) in [5, 5.41) is -0.258. The maximum Gasteiger partial charge on any atom is 0.148 e. The van der Waals surface area contributed by atoms with Gasteiger partial charge < -0.3 is 0 Å². The number of ketones is 1. The average Bonchev–Trinajstić information content (AvgIpc) is 2.63. The van der Waals surface area contributed by atoms with Crippen molar-refractivity contribution >= 4 is 16.6 Å². The van der Waals surface area contributed by atoms with Crippen molar-refractivity contribution in [3.8, 4) is 0 Å². The molecule has 1 saturated carbocycles. The molecule has 1 aliphatic rings. The van der Waals surface area contributed by atoms with Crippen molar-refractivity contribution in [2.75, 3.05) is 0 Å². The van der Waals surface area contributed by atoms with E-state index in [0.29, 0.717) is 6.42 Å². The largest absolute Gasteiger partial charge is 0.298 e. The standard InChI is InChI=1S/C12H14O2S/c1-9-4-2-5-10(8-9)15(14)12-7-3-6-11(12)13/h2,4-5,8,12H,3,6-7H2,1H3. The molecule has 1 fully saturated rings. The summed E-state index contributed by atoms with van der Waals surface area (Å²) in [5.74, 6) is 0.162. The molecule has 1 aromatic rings. The van der Waals surface area contributed by atoms with Gasteiger partial charge in [-0.3, -0.25) is 9.00 Å². The van der Waals surface area contributed by atoms with E-state index in [0.717, 1.165) is 23.3 Å². The Morgan fingerprint density at radius 3 is 2.80 bits per heavy atom. The van der Waals surface area contributed by atoms with E-state index >= 15 is 0 Å². The van der Waals surface area contributed by atoms with Crippen LogP contribution < -0.4 is 0 Å². The molecular formula is C12H14O2S. The molecule has 2 nitrogen and oxygen atoms in total. The highest BCUT2D eigenvalue weighted by atomic mass is 32.2. The topological polar surface area (TPSA) is 34.1 Å². The van der Waals surface area contributed by atoms with Gasteiger partial charge >= 0.3 is 0 Å². The Morgan fingerprint density at radius 2 is 2.20 bits per heavy atom. The zero-order valence-corrected chi connectivity index (χ0v) is 9.55. The van der Waals surface area contributed by atoms with Crippen LogP contribution >= 0.6 is 0 Å². The van der Waals surface area contributed by atoms with E-state index in [9.17, 15) is 9.00 Å². The third-order valence-electron chi connectivity index (χ3n) is 2.73. The molecule has 3 heteroatoms. The molecular weight excluding hydrogens is 208 g/mol. The second-order valence-electron chi connectivity index (χ2n) is 3.96. The first-order valence-electron chi connectivity index (χ1n) is 5.18. The zero-order chi connectivity index (χ0) is 10.8.